The first kappa shape index (κ1) is 56.9. The fourth-order valence-corrected chi connectivity index (χ4v) is 8.24. The smallest absolute Gasteiger partial charge is 0.249 e. The lowest BCUT2D eigenvalue weighted by Crippen LogP contribution is -2.62. The fourth-order valence-electron chi connectivity index (χ4n) is 8.24. The number of unbranched alkanes of at least 4 members (excludes halogenated alkanes) is 28. The van der Waals surface area contributed by atoms with Gasteiger partial charge in [-0.2, -0.15) is 0 Å². The molecule has 0 spiro atoms. The van der Waals surface area contributed by atoms with E-state index in [2.05, 4.69) is 31.3 Å². The average Bonchev–Trinajstić information content (AvgIpc) is 3.25. The molecule has 1 rings (SSSR count). The van der Waals surface area contributed by atoms with Gasteiger partial charge in [-0.05, 0) is 32.1 Å². The van der Waals surface area contributed by atoms with Gasteiger partial charge in [0.1, 0.15) is 36.1 Å². The van der Waals surface area contributed by atoms with Crippen molar-refractivity contribution in [2.45, 2.75) is 274 Å². The van der Waals surface area contributed by atoms with E-state index in [1.54, 1.807) is 0 Å². The number of carbonyl (C=O) groups excluding carboxylic acids is 1. The van der Waals surface area contributed by atoms with E-state index in [0.29, 0.717) is 12.8 Å². The maximum Gasteiger partial charge on any atom is 0.249 e. The first-order valence-electron chi connectivity index (χ1n) is 25.0. The molecule has 11 nitrogen and oxygen atoms in total. The SMILES string of the molecule is CCCC=CCCCCCC(O)(CO)C(COC1OC(CO)C(O)C(O)C1O)NC(=O)C(O)CCCCCCCCCCCCCCCCCCCCCCCCCCC. The lowest BCUT2D eigenvalue weighted by molar-refractivity contribution is -0.304. The Morgan fingerprint density at radius 1 is 0.617 bits per heavy atom. The Morgan fingerprint density at radius 3 is 1.52 bits per heavy atom. The Morgan fingerprint density at radius 2 is 1.07 bits per heavy atom. The molecule has 1 fully saturated rings. The maximum absolute atomic E-state index is 13.2. The molecule has 11 heteroatoms. The summed E-state index contributed by atoms with van der Waals surface area (Å²) in [6, 6.07) is -1.19. The molecular formula is C49H95NO10. The minimum absolute atomic E-state index is 0.140. The normalized spacial score (nSPS) is 21.6. The Bertz CT molecular complexity index is 1000. The lowest BCUT2D eigenvalue weighted by atomic mass is 9.88. The number of nitrogens with one attached hydrogen (secondary N) is 1. The quantitative estimate of drug-likeness (QED) is 0.0218. The predicted octanol–water partition coefficient (Wildman–Crippen LogP) is 8.84. The van der Waals surface area contributed by atoms with E-state index in [-0.39, 0.29) is 12.8 Å². The number of allylic oxidation sites excluding steroid dienone is 2. The summed E-state index contributed by atoms with van der Waals surface area (Å²) >= 11 is 0. The molecule has 0 aromatic rings. The Balaban J connectivity index is 2.29. The summed E-state index contributed by atoms with van der Waals surface area (Å²) in [6.07, 6.45) is 33.8. The van der Waals surface area contributed by atoms with E-state index in [1.807, 2.05) is 0 Å². The highest BCUT2D eigenvalue weighted by molar-refractivity contribution is 5.80. The molecule has 8 atom stereocenters. The number of ether oxygens (including phenoxy) is 2. The minimum atomic E-state index is -1.81. The van der Waals surface area contributed by atoms with Gasteiger partial charge in [-0.15, -0.1) is 0 Å². The largest absolute Gasteiger partial charge is 0.394 e. The third kappa shape index (κ3) is 27.1. The van der Waals surface area contributed by atoms with Crippen molar-refractivity contribution in [3.63, 3.8) is 0 Å². The van der Waals surface area contributed by atoms with Crippen LogP contribution in [0, 0.1) is 0 Å². The van der Waals surface area contributed by atoms with Crippen LogP contribution in [0.3, 0.4) is 0 Å². The molecule has 8 unspecified atom stereocenters. The van der Waals surface area contributed by atoms with Gasteiger partial charge in [-0.25, -0.2) is 0 Å². The third-order valence-corrected chi connectivity index (χ3v) is 12.5. The monoisotopic (exact) mass is 858 g/mol. The van der Waals surface area contributed by atoms with Crippen LogP contribution in [0.25, 0.3) is 0 Å². The predicted molar refractivity (Wildman–Crippen MR) is 243 cm³/mol. The topological polar surface area (TPSA) is 189 Å². The molecule has 0 aromatic carbocycles. The second-order valence-corrected chi connectivity index (χ2v) is 18.0. The van der Waals surface area contributed by atoms with Crippen LogP contribution in [-0.2, 0) is 14.3 Å². The van der Waals surface area contributed by atoms with Gasteiger partial charge in [-0.3, -0.25) is 4.79 Å². The molecule has 1 heterocycles. The summed E-state index contributed by atoms with van der Waals surface area (Å²) in [5.41, 5.74) is -1.81. The van der Waals surface area contributed by atoms with Crippen LogP contribution in [-0.4, -0.2) is 110 Å². The second kappa shape index (κ2) is 38.3. The molecule has 60 heavy (non-hydrogen) atoms. The number of carbonyl (C=O) groups is 1. The van der Waals surface area contributed by atoms with Crippen molar-refractivity contribution in [1.29, 1.82) is 0 Å². The fraction of sp³-hybridized carbons (Fsp3) is 0.939. The number of hydrogen-bond acceptors (Lipinski definition) is 10. The molecule has 0 radical (unpaired) electrons. The van der Waals surface area contributed by atoms with E-state index in [1.165, 1.54) is 135 Å². The summed E-state index contributed by atoms with van der Waals surface area (Å²) in [5, 5.41) is 75.7. The van der Waals surface area contributed by atoms with Crippen LogP contribution in [0.4, 0.5) is 0 Å². The van der Waals surface area contributed by atoms with Crippen molar-refractivity contribution in [1.82, 2.24) is 5.32 Å². The Kier molecular flexibility index (Phi) is 36.3. The van der Waals surface area contributed by atoms with Crippen molar-refractivity contribution in [3.8, 4) is 0 Å². The van der Waals surface area contributed by atoms with E-state index < -0.39 is 74.2 Å². The second-order valence-electron chi connectivity index (χ2n) is 18.0. The van der Waals surface area contributed by atoms with Gasteiger partial charge in [0.2, 0.25) is 5.91 Å². The highest BCUT2D eigenvalue weighted by Crippen LogP contribution is 2.26. The molecule has 8 N–H and O–H groups in total. The van der Waals surface area contributed by atoms with Crippen LogP contribution < -0.4 is 5.32 Å². The van der Waals surface area contributed by atoms with Crippen molar-refractivity contribution < 1.29 is 50.0 Å². The van der Waals surface area contributed by atoms with Gasteiger partial charge in [0.25, 0.3) is 0 Å². The highest BCUT2D eigenvalue weighted by atomic mass is 16.7. The summed E-state index contributed by atoms with van der Waals surface area (Å²) in [5.74, 6) is -0.699. The van der Waals surface area contributed by atoms with Crippen molar-refractivity contribution in [3.05, 3.63) is 12.2 Å². The zero-order valence-electron chi connectivity index (χ0n) is 38.5. The van der Waals surface area contributed by atoms with E-state index in [4.69, 9.17) is 9.47 Å². The summed E-state index contributed by atoms with van der Waals surface area (Å²) in [4.78, 5) is 13.2. The summed E-state index contributed by atoms with van der Waals surface area (Å²) in [6.45, 7) is 2.65. The molecule has 0 aliphatic carbocycles. The van der Waals surface area contributed by atoms with Gasteiger partial charge >= 0.3 is 0 Å². The zero-order chi connectivity index (χ0) is 44.1. The number of aliphatic hydroxyl groups is 7. The standard InChI is InChI=1S/C49H95NO10/c1-3-5-7-9-11-13-14-15-16-17-18-19-20-21-22-23-24-25-26-27-28-29-30-32-34-36-41(53)47(57)50-43(39-59-48-46(56)45(55)44(54)42(38-51)60-48)49(58,40-52)37-35-33-31-12-10-8-6-4-2/h8,10,41-46,48,51-56,58H,3-7,9,11-40H2,1-2H3,(H,50,57). The first-order chi connectivity index (χ1) is 29.1. The minimum Gasteiger partial charge on any atom is -0.394 e. The number of hydrogen-bond donors (Lipinski definition) is 8. The Hall–Kier alpha value is -1.15. The molecule has 0 bridgehead atoms. The zero-order valence-corrected chi connectivity index (χ0v) is 38.5. The van der Waals surface area contributed by atoms with Crippen LogP contribution >= 0.6 is 0 Å². The van der Waals surface area contributed by atoms with Crippen LogP contribution in [0.1, 0.15) is 226 Å². The van der Waals surface area contributed by atoms with Gasteiger partial charge in [-0.1, -0.05) is 206 Å². The van der Waals surface area contributed by atoms with Crippen molar-refractivity contribution in [2.75, 3.05) is 19.8 Å². The lowest BCUT2D eigenvalue weighted by Gasteiger charge is -2.41. The molecular weight excluding hydrogens is 763 g/mol. The summed E-state index contributed by atoms with van der Waals surface area (Å²) in [7, 11) is 0. The van der Waals surface area contributed by atoms with E-state index >= 15 is 0 Å². The third-order valence-electron chi connectivity index (χ3n) is 12.5. The van der Waals surface area contributed by atoms with Crippen molar-refractivity contribution in [2.24, 2.45) is 0 Å². The molecule has 0 saturated carbocycles. The maximum atomic E-state index is 13.2. The van der Waals surface area contributed by atoms with E-state index in [9.17, 15) is 40.5 Å². The summed E-state index contributed by atoms with van der Waals surface area (Å²) < 4.78 is 11.2. The van der Waals surface area contributed by atoms with Crippen LogP contribution in [0.15, 0.2) is 12.2 Å². The van der Waals surface area contributed by atoms with Crippen molar-refractivity contribution >= 4 is 5.91 Å². The Labute approximate surface area is 366 Å². The molecule has 1 aliphatic rings. The first-order valence-corrected chi connectivity index (χ1v) is 25.0. The molecule has 0 aromatic heterocycles. The van der Waals surface area contributed by atoms with Gasteiger partial charge < -0.3 is 50.5 Å². The van der Waals surface area contributed by atoms with E-state index in [0.717, 1.165) is 51.4 Å². The molecule has 1 saturated heterocycles. The highest BCUT2D eigenvalue weighted by Gasteiger charge is 2.45. The molecule has 1 aliphatic heterocycles. The molecule has 1 amide bonds. The van der Waals surface area contributed by atoms with Gasteiger partial charge in [0.05, 0.1) is 25.9 Å². The van der Waals surface area contributed by atoms with Gasteiger partial charge in [0, 0.05) is 0 Å². The number of aliphatic hydroxyl groups excluding tert-OH is 6. The number of rotatable bonds is 42. The number of amides is 1. The van der Waals surface area contributed by atoms with Crippen LogP contribution in [0.5, 0.6) is 0 Å². The average molecular weight is 858 g/mol. The van der Waals surface area contributed by atoms with Gasteiger partial charge in [0.15, 0.2) is 6.29 Å². The van der Waals surface area contributed by atoms with Crippen LogP contribution in [0.2, 0.25) is 0 Å². The molecule has 356 valence electrons.